The van der Waals surface area contributed by atoms with Crippen LogP contribution < -0.4 is 24.3 Å². The number of hydrogen-bond acceptors (Lipinski definition) is 9. The van der Waals surface area contributed by atoms with Gasteiger partial charge in [-0.2, -0.15) is 0 Å². The standard InChI is InChI=1S/C64H92N2O9/c1-8-9-10-11-12-13-14-15-16-17-18-19-20-26-40-63(5)41-39-57-50(4)60(48(2)49(3)61(57)75-63)72-43-44-73-62(69)65-42-27-22-25-30-59(68)66-46-54(67)45-58(66)64(52-28-23-21-24-29-52,53-33-37-56(71-7)38-34-53)74-47-51-31-35-55(70-6)36-32-51/h21,23-24,28-29,31-38,54,58,67H,8-20,22,25-27,30,39-47H2,1-7H3,(H,65,69). The molecule has 412 valence electrons. The number of amides is 2. The molecule has 2 heterocycles. The molecule has 0 spiro atoms. The van der Waals surface area contributed by atoms with Gasteiger partial charge in [-0.15, -0.1) is 0 Å². The van der Waals surface area contributed by atoms with Crippen molar-refractivity contribution in [2.45, 2.75) is 206 Å². The normalized spacial score (nSPS) is 17.9. The van der Waals surface area contributed by atoms with E-state index in [1.807, 2.05) is 83.8 Å². The SMILES string of the molecule is CCCCCCCCCCCCCCCCC1(C)CCc2c(C)c(OCCOC(=O)NCCCCCC(=O)N3CC(O)CC3C(OCc3ccc(OC)cc3)(c3ccccc3)c3ccc(OC)cc3)c(C)c(C)c2O1. The number of fused-ring (bicyclic) bond motifs is 1. The van der Waals surface area contributed by atoms with E-state index in [-0.39, 0.29) is 37.9 Å². The Morgan fingerprint density at radius 1 is 0.720 bits per heavy atom. The van der Waals surface area contributed by atoms with E-state index in [9.17, 15) is 14.7 Å². The maximum atomic E-state index is 14.2. The van der Waals surface area contributed by atoms with Crippen LogP contribution in [0.2, 0.25) is 0 Å². The summed E-state index contributed by atoms with van der Waals surface area (Å²) in [5, 5.41) is 14.1. The van der Waals surface area contributed by atoms with Gasteiger partial charge in [-0.1, -0.05) is 151 Å². The summed E-state index contributed by atoms with van der Waals surface area (Å²) in [4.78, 5) is 28.8. The number of nitrogens with one attached hydrogen (secondary N) is 1. The Balaban J connectivity index is 0.915. The first kappa shape index (κ1) is 59.0. The number of hydrogen-bond donors (Lipinski definition) is 2. The predicted molar refractivity (Wildman–Crippen MR) is 300 cm³/mol. The van der Waals surface area contributed by atoms with Crippen molar-refractivity contribution in [3.8, 4) is 23.0 Å². The Bertz CT molecular complexity index is 2320. The fourth-order valence-corrected chi connectivity index (χ4v) is 11.3. The van der Waals surface area contributed by atoms with Crippen molar-refractivity contribution in [3.05, 3.63) is 118 Å². The minimum atomic E-state index is -1.12. The van der Waals surface area contributed by atoms with Gasteiger partial charge in [0.15, 0.2) is 0 Å². The van der Waals surface area contributed by atoms with Crippen molar-refractivity contribution in [2.24, 2.45) is 0 Å². The first-order valence-electron chi connectivity index (χ1n) is 28.7. The van der Waals surface area contributed by atoms with Crippen molar-refractivity contribution in [2.75, 3.05) is 40.5 Å². The van der Waals surface area contributed by atoms with E-state index in [1.54, 1.807) is 14.2 Å². The molecule has 2 N–H and O–H groups in total. The van der Waals surface area contributed by atoms with Crippen LogP contribution in [0.15, 0.2) is 78.9 Å². The molecule has 1 saturated heterocycles. The molecule has 4 atom stereocenters. The number of ether oxygens (including phenoxy) is 6. The molecular weight excluding hydrogens is 941 g/mol. The minimum absolute atomic E-state index is 0.0493. The summed E-state index contributed by atoms with van der Waals surface area (Å²) < 4.78 is 36.7. The minimum Gasteiger partial charge on any atom is -0.497 e. The maximum absolute atomic E-state index is 14.2. The third-order valence-corrected chi connectivity index (χ3v) is 15.9. The van der Waals surface area contributed by atoms with Gasteiger partial charge >= 0.3 is 6.09 Å². The summed E-state index contributed by atoms with van der Waals surface area (Å²) >= 11 is 0. The summed E-state index contributed by atoms with van der Waals surface area (Å²) in [7, 11) is 3.27. The highest BCUT2D eigenvalue weighted by molar-refractivity contribution is 5.77. The number of aliphatic hydroxyl groups is 1. The lowest BCUT2D eigenvalue weighted by molar-refractivity contribution is -0.141. The molecule has 0 aliphatic carbocycles. The molecule has 6 rings (SSSR count). The van der Waals surface area contributed by atoms with Crippen LogP contribution >= 0.6 is 0 Å². The molecular formula is C64H92N2O9. The molecule has 4 aromatic carbocycles. The van der Waals surface area contributed by atoms with E-state index in [2.05, 4.69) is 39.9 Å². The van der Waals surface area contributed by atoms with Crippen LogP contribution in [-0.2, 0) is 32.9 Å². The largest absolute Gasteiger partial charge is 0.497 e. The van der Waals surface area contributed by atoms with Gasteiger partial charge in [0.05, 0.1) is 33.0 Å². The summed E-state index contributed by atoms with van der Waals surface area (Å²) in [6.07, 6.45) is 23.6. The second kappa shape index (κ2) is 30.5. The highest BCUT2D eigenvalue weighted by Crippen LogP contribution is 2.47. The summed E-state index contributed by atoms with van der Waals surface area (Å²) in [5.41, 5.74) is 5.94. The van der Waals surface area contributed by atoms with Gasteiger partial charge in [-0.3, -0.25) is 4.79 Å². The number of alkyl carbamates (subject to hydrolysis) is 1. The topological polar surface area (TPSA) is 125 Å². The summed E-state index contributed by atoms with van der Waals surface area (Å²) in [5.74, 6) is 3.28. The molecule has 0 radical (unpaired) electrons. The van der Waals surface area contributed by atoms with Crippen LogP contribution in [0.1, 0.15) is 188 Å². The van der Waals surface area contributed by atoms with Crippen LogP contribution in [0.25, 0.3) is 0 Å². The lowest BCUT2D eigenvalue weighted by atomic mass is 9.78. The lowest BCUT2D eigenvalue weighted by Gasteiger charge is -2.44. The first-order valence-corrected chi connectivity index (χ1v) is 28.7. The zero-order valence-electron chi connectivity index (χ0n) is 46.9. The number of methoxy groups -OCH3 is 2. The van der Waals surface area contributed by atoms with Crippen molar-refractivity contribution in [3.63, 3.8) is 0 Å². The number of aliphatic hydroxyl groups excluding tert-OH is 1. The van der Waals surface area contributed by atoms with Crippen molar-refractivity contribution < 1.29 is 43.1 Å². The van der Waals surface area contributed by atoms with Crippen molar-refractivity contribution >= 4 is 12.0 Å². The zero-order chi connectivity index (χ0) is 53.5. The molecule has 0 saturated carbocycles. The molecule has 0 aromatic heterocycles. The summed E-state index contributed by atoms with van der Waals surface area (Å²) in [6, 6.07) is 25.0. The average Bonchev–Trinajstić information content (AvgIpc) is 3.83. The Kier molecular flexibility index (Phi) is 24.0. The Labute approximate surface area is 450 Å². The van der Waals surface area contributed by atoms with Crippen LogP contribution in [0.3, 0.4) is 0 Å². The van der Waals surface area contributed by atoms with Gasteiger partial charge in [0.25, 0.3) is 0 Å². The Hall–Kier alpha value is -5.26. The number of benzene rings is 4. The van der Waals surface area contributed by atoms with E-state index in [0.29, 0.717) is 38.0 Å². The summed E-state index contributed by atoms with van der Waals surface area (Å²) in [6.45, 7) is 12.2. The number of unbranched alkanes of at least 4 members (excludes halogenated alkanes) is 15. The molecule has 1 fully saturated rings. The Morgan fingerprint density at radius 2 is 1.31 bits per heavy atom. The van der Waals surface area contributed by atoms with Gasteiger partial charge in [-0.25, -0.2) is 4.79 Å². The molecule has 11 nitrogen and oxygen atoms in total. The number of carbonyl (C=O) groups is 2. The highest BCUT2D eigenvalue weighted by atomic mass is 16.6. The molecule has 4 aromatic rings. The maximum Gasteiger partial charge on any atom is 0.407 e. The first-order chi connectivity index (χ1) is 36.4. The van der Waals surface area contributed by atoms with E-state index >= 15 is 0 Å². The van der Waals surface area contributed by atoms with Crippen molar-refractivity contribution in [1.82, 2.24) is 10.2 Å². The van der Waals surface area contributed by atoms with E-state index < -0.39 is 23.8 Å². The molecule has 4 unspecified atom stereocenters. The monoisotopic (exact) mass is 1030 g/mol. The second-order valence-corrected chi connectivity index (χ2v) is 21.6. The van der Waals surface area contributed by atoms with E-state index in [1.165, 1.54) is 95.5 Å². The number of nitrogens with zero attached hydrogens (tertiary/aromatic N) is 1. The quantitative estimate of drug-likeness (QED) is 0.0449. The third kappa shape index (κ3) is 16.9. The van der Waals surface area contributed by atoms with Crippen LogP contribution in [0, 0.1) is 20.8 Å². The number of β-amino-alcohol motifs (C(OH)–C–C–N with tert-alkyl or cyclic N) is 1. The van der Waals surface area contributed by atoms with Crippen molar-refractivity contribution in [1.29, 1.82) is 0 Å². The molecule has 2 aliphatic heterocycles. The van der Waals surface area contributed by atoms with Crippen LogP contribution in [0.5, 0.6) is 23.0 Å². The Morgan fingerprint density at radius 3 is 1.93 bits per heavy atom. The van der Waals surface area contributed by atoms with Crippen LogP contribution in [0.4, 0.5) is 4.79 Å². The van der Waals surface area contributed by atoms with Gasteiger partial charge in [0.1, 0.15) is 47.4 Å². The fraction of sp³-hybridized carbons (Fsp3) is 0.594. The average molecular weight is 1030 g/mol. The van der Waals surface area contributed by atoms with Gasteiger partial charge in [-0.05, 0) is 130 Å². The zero-order valence-corrected chi connectivity index (χ0v) is 46.9. The van der Waals surface area contributed by atoms with Gasteiger partial charge in [0.2, 0.25) is 5.91 Å². The number of likely N-dealkylation sites (tertiary alicyclic amines) is 1. The molecule has 0 bridgehead atoms. The van der Waals surface area contributed by atoms with Crippen LogP contribution in [-0.4, -0.2) is 80.3 Å². The highest BCUT2D eigenvalue weighted by Gasteiger charge is 2.51. The van der Waals surface area contributed by atoms with Gasteiger partial charge in [0, 0.05) is 25.1 Å². The molecule has 75 heavy (non-hydrogen) atoms. The number of rotatable bonds is 33. The van der Waals surface area contributed by atoms with E-state index in [4.69, 9.17) is 28.4 Å². The van der Waals surface area contributed by atoms with Gasteiger partial charge < -0.3 is 43.7 Å². The predicted octanol–water partition coefficient (Wildman–Crippen LogP) is 14.4. The molecule has 2 amide bonds. The van der Waals surface area contributed by atoms with E-state index in [0.717, 1.165) is 76.3 Å². The fourth-order valence-electron chi connectivity index (χ4n) is 11.3. The number of carbonyl (C=O) groups excluding carboxylic acids is 2. The molecule has 11 heteroatoms. The second-order valence-electron chi connectivity index (χ2n) is 21.6. The third-order valence-electron chi connectivity index (χ3n) is 15.9. The lowest BCUT2D eigenvalue weighted by Crippen LogP contribution is -2.52. The smallest absolute Gasteiger partial charge is 0.407 e. The molecule has 2 aliphatic rings.